The summed E-state index contributed by atoms with van der Waals surface area (Å²) in [4.78, 5) is 24.4. The molecular formula is C13H20N4O3S. The Balaban J connectivity index is 1.91. The number of rotatable bonds is 7. The SMILES string of the molecule is CC(C)Cc1nnc(NC(=O)N(CCC(=O)O)C2CC2)s1. The molecule has 1 saturated carbocycles. The molecule has 0 bridgehead atoms. The molecule has 1 aromatic heterocycles. The molecule has 1 aliphatic carbocycles. The van der Waals surface area contributed by atoms with Crippen LogP contribution in [0.15, 0.2) is 0 Å². The standard InChI is InChI=1S/C13H20N4O3S/c1-8(2)7-10-15-16-12(21-10)14-13(20)17(9-3-4-9)6-5-11(18)19/h8-9H,3-7H2,1-2H3,(H,18,19)(H,14,16,20). The molecule has 0 spiro atoms. The number of nitrogens with one attached hydrogen (secondary N) is 1. The molecule has 21 heavy (non-hydrogen) atoms. The zero-order valence-electron chi connectivity index (χ0n) is 12.2. The predicted octanol–water partition coefficient (Wildman–Crippen LogP) is 2.21. The molecule has 1 heterocycles. The van der Waals surface area contributed by atoms with Gasteiger partial charge < -0.3 is 10.0 Å². The Hall–Kier alpha value is -1.70. The summed E-state index contributed by atoms with van der Waals surface area (Å²) in [6.07, 6.45) is 2.65. The minimum atomic E-state index is -0.899. The summed E-state index contributed by atoms with van der Waals surface area (Å²) in [5.74, 6) is -0.413. The zero-order valence-corrected chi connectivity index (χ0v) is 13.0. The summed E-state index contributed by atoms with van der Waals surface area (Å²) >= 11 is 1.37. The first kappa shape index (κ1) is 15.7. The molecule has 7 nitrogen and oxygen atoms in total. The van der Waals surface area contributed by atoms with E-state index < -0.39 is 5.97 Å². The fourth-order valence-electron chi connectivity index (χ4n) is 1.95. The number of carbonyl (C=O) groups is 2. The molecule has 8 heteroatoms. The molecule has 1 fully saturated rings. The van der Waals surface area contributed by atoms with Crippen molar-refractivity contribution in [3.8, 4) is 0 Å². The highest BCUT2D eigenvalue weighted by atomic mass is 32.1. The van der Waals surface area contributed by atoms with Crippen LogP contribution in [0.4, 0.5) is 9.93 Å². The molecule has 1 aliphatic rings. The highest BCUT2D eigenvalue weighted by Gasteiger charge is 2.33. The second-order valence-corrected chi connectivity index (χ2v) is 6.66. The van der Waals surface area contributed by atoms with Gasteiger partial charge in [0.15, 0.2) is 0 Å². The van der Waals surface area contributed by atoms with E-state index in [0.29, 0.717) is 11.0 Å². The average molecular weight is 312 g/mol. The fraction of sp³-hybridized carbons (Fsp3) is 0.692. The van der Waals surface area contributed by atoms with Crippen molar-refractivity contribution in [2.45, 2.75) is 45.6 Å². The van der Waals surface area contributed by atoms with E-state index in [0.717, 1.165) is 24.3 Å². The van der Waals surface area contributed by atoms with Crippen LogP contribution < -0.4 is 5.32 Å². The van der Waals surface area contributed by atoms with Gasteiger partial charge in [0.25, 0.3) is 0 Å². The normalized spacial score (nSPS) is 14.2. The van der Waals surface area contributed by atoms with Crippen LogP contribution in [0, 0.1) is 5.92 Å². The Morgan fingerprint density at radius 1 is 1.43 bits per heavy atom. The van der Waals surface area contributed by atoms with Gasteiger partial charge in [0.05, 0.1) is 6.42 Å². The summed E-state index contributed by atoms with van der Waals surface area (Å²) in [5, 5.41) is 20.8. The van der Waals surface area contributed by atoms with E-state index in [9.17, 15) is 9.59 Å². The zero-order chi connectivity index (χ0) is 15.4. The number of hydrogen-bond acceptors (Lipinski definition) is 5. The third kappa shape index (κ3) is 4.96. The highest BCUT2D eigenvalue weighted by molar-refractivity contribution is 7.15. The van der Waals surface area contributed by atoms with E-state index >= 15 is 0 Å². The van der Waals surface area contributed by atoms with Gasteiger partial charge in [0, 0.05) is 19.0 Å². The van der Waals surface area contributed by atoms with Crippen molar-refractivity contribution in [2.75, 3.05) is 11.9 Å². The fourth-order valence-corrected chi connectivity index (χ4v) is 2.89. The summed E-state index contributed by atoms with van der Waals surface area (Å²) in [5.41, 5.74) is 0. The Labute approximate surface area is 127 Å². The van der Waals surface area contributed by atoms with Crippen LogP contribution in [0.5, 0.6) is 0 Å². The Morgan fingerprint density at radius 2 is 2.14 bits per heavy atom. The number of anilines is 1. The van der Waals surface area contributed by atoms with Crippen LogP contribution in [0.3, 0.4) is 0 Å². The van der Waals surface area contributed by atoms with Crippen molar-refractivity contribution in [1.82, 2.24) is 15.1 Å². The molecule has 2 N–H and O–H groups in total. The number of hydrogen-bond donors (Lipinski definition) is 2. The number of carboxylic acid groups (broad SMARTS) is 1. The minimum absolute atomic E-state index is 0.0430. The Morgan fingerprint density at radius 3 is 2.71 bits per heavy atom. The van der Waals surface area contributed by atoms with Crippen LogP contribution in [0.2, 0.25) is 0 Å². The van der Waals surface area contributed by atoms with Gasteiger partial charge in [0.1, 0.15) is 5.01 Å². The van der Waals surface area contributed by atoms with E-state index in [4.69, 9.17) is 5.11 Å². The van der Waals surface area contributed by atoms with Gasteiger partial charge in [0.2, 0.25) is 5.13 Å². The van der Waals surface area contributed by atoms with Crippen molar-refractivity contribution >= 4 is 28.5 Å². The maximum atomic E-state index is 12.2. The number of aliphatic carboxylic acids is 1. The van der Waals surface area contributed by atoms with Crippen LogP contribution in [0.1, 0.15) is 38.1 Å². The highest BCUT2D eigenvalue weighted by Crippen LogP contribution is 2.28. The van der Waals surface area contributed by atoms with E-state index in [1.165, 1.54) is 11.3 Å². The molecule has 0 aromatic carbocycles. The van der Waals surface area contributed by atoms with Gasteiger partial charge in [-0.15, -0.1) is 10.2 Å². The maximum absolute atomic E-state index is 12.2. The van der Waals surface area contributed by atoms with E-state index in [-0.39, 0.29) is 25.0 Å². The third-order valence-electron chi connectivity index (χ3n) is 3.08. The summed E-state index contributed by atoms with van der Waals surface area (Å²) < 4.78 is 0. The van der Waals surface area contributed by atoms with Crippen molar-refractivity contribution in [3.05, 3.63) is 5.01 Å². The first-order valence-electron chi connectivity index (χ1n) is 7.07. The number of carboxylic acids is 1. The summed E-state index contributed by atoms with van der Waals surface area (Å²) in [6, 6.07) is -0.126. The van der Waals surface area contributed by atoms with E-state index in [1.807, 2.05) is 0 Å². The monoisotopic (exact) mass is 312 g/mol. The van der Waals surface area contributed by atoms with Crippen molar-refractivity contribution < 1.29 is 14.7 Å². The average Bonchev–Trinajstić information content (AvgIpc) is 3.11. The van der Waals surface area contributed by atoms with E-state index in [2.05, 4.69) is 29.4 Å². The summed E-state index contributed by atoms with van der Waals surface area (Å²) in [6.45, 7) is 4.42. The van der Waals surface area contributed by atoms with Gasteiger partial charge in [-0.2, -0.15) is 0 Å². The quantitative estimate of drug-likeness (QED) is 0.804. The molecule has 2 amide bonds. The Bertz CT molecular complexity index is 513. The lowest BCUT2D eigenvalue weighted by Crippen LogP contribution is -2.38. The van der Waals surface area contributed by atoms with Gasteiger partial charge in [-0.05, 0) is 18.8 Å². The molecule has 0 atom stereocenters. The molecule has 0 saturated heterocycles. The van der Waals surface area contributed by atoms with Crippen LogP contribution >= 0.6 is 11.3 Å². The first-order valence-corrected chi connectivity index (χ1v) is 7.89. The van der Waals surface area contributed by atoms with Crippen LogP contribution in [-0.4, -0.2) is 44.8 Å². The second-order valence-electron chi connectivity index (χ2n) is 5.60. The smallest absolute Gasteiger partial charge is 0.323 e. The summed E-state index contributed by atoms with van der Waals surface area (Å²) in [7, 11) is 0. The van der Waals surface area contributed by atoms with E-state index in [1.54, 1.807) is 4.90 Å². The topological polar surface area (TPSA) is 95.4 Å². The maximum Gasteiger partial charge on any atom is 0.323 e. The number of amides is 2. The molecule has 0 aliphatic heterocycles. The van der Waals surface area contributed by atoms with Gasteiger partial charge in [-0.25, -0.2) is 4.79 Å². The largest absolute Gasteiger partial charge is 0.481 e. The van der Waals surface area contributed by atoms with Gasteiger partial charge >= 0.3 is 12.0 Å². The number of nitrogens with zero attached hydrogens (tertiary/aromatic N) is 3. The lowest BCUT2D eigenvalue weighted by molar-refractivity contribution is -0.137. The number of urea groups is 1. The molecule has 0 radical (unpaired) electrons. The lowest BCUT2D eigenvalue weighted by Gasteiger charge is -2.21. The van der Waals surface area contributed by atoms with Crippen molar-refractivity contribution in [1.29, 1.82) is 0 Å². The predicted molar refractivity (Wildman–Crippen MR) is 79.5 cm³/mol. The first-order chi connectivity index (χ1) is 9.95. The molecule has 116 valence electrons. The lowest BCUT2D eigenvalue weighted by atomic mass is 10.1. The number of aromatic nitrogens is 2. The molecular weight excluding hydrogens is 292 g/mol. The number of carbonyl (C=O) groups excluding carboxylic acids is 1. The molecule has 0 unspecified atom stereocenters. The molecule has 2 rings (SSSR count). The van der Waals surface area contributed by atoms with Gasteiger partial charge in [-0.1, -0.05) is 25.2 Å². The van der Waals surface area contributed by atoms with Crippen LogP contribution in [-0.2, 0) is 11.2 Å². The van der Waals surface area contributed by atoms with Crippen molar-refractivity contribution in [2.24, 2.45) is 5.92 Å². The van der Waals surface area contributed by atoms with Crippen LogP contribution in [0.25, 0.3) is 0 Å². The second kappa shape index (κ2) is 6.84. The Kier molecular flexibility index (Phi) is 5.11. The minimum Gasteiger partial charge on any atom is -0.481 e. The van der Waals surface area contributed by atoms with Crippen molar-refractivity contribution in [3.63, 3.8) is 0 Å². The van der Waals surface area contributed by atoms with Gasteiger partial charge in [-0.3, -0.25) is 10.1 Å². The molecule has 1 aromatic rings. The third-order valence-corrected chi connectivity index (χ3v) is 3.94.